The molecule has 0 heterocycles. The fraction of sp³-hybridized carbons (Fsp3) is 0.167. The normalized spacial score (nSPS) is 14.0. The van der Waals surface area contributed by atoms with Gasteiger partial charge in [0, 0.05) is 6.04 Å². The Morgan fingerprint density at radius 1 is 1.05 bits per heavy atom. The number of aliphatic hydroxyl groups excluding tert-OH is 1. The van der Waals surface area contributed by atoms with Crippen LogP contribution in [0.5, 0.6) is 0 Å². The first-order valence-corrected chi connectivity index (χ1v) is 6.91. The SMILES string of the molecule is NC(Cc1ccccc1)C(O)C(=O)C=Cc1ccccc1. The molecule has 3 N–H and O–H groups in total. The second-order valence-corrected chi connectivity index (χ2v) is 4.94. The molecule has 0 amide bonds. The van der Waals surface area contributed by atoms with Crippen LogP contribution < -0.4 is 5.73 Å². The van der Waals surface area contributed by atoms with E-state index < -0.39 is 12.1 Å². The Kier molecular flexibility index (Phi) is 5.43. The molecule has 3 heteroatoms. The molecule has 21 heavy (non-hydrogen) atoms. The standard InChI is InChI=1S/C18H19NO2/c19-16(13-15-9-5-2-6-10-15)18(21)17(20)12-11-14-7-3-1-4-8-14/h1-12,16,18,21H,13,19H2. The monoisotopic (exact) mass is 281 g/mol. The molecular weight excluding hydrogens is 262 g/mol. The molecule has 0 aliphatic rings. The van der Waals surface area contributed by atoms with Crippen LogP contribution in [0.4, 0.5) is 0 Å². The van der Waals surface area contributed by atoms with E-state index in [2.05, 4.69) is 0 Å². The molecule has 0 aliphatic carbocycles. The van der Waals surface area contributed by atoms with Gasteiger partial charge in [-0.15, -0.1) is 0 Å². The second kappa shape index (κ2) is 7.53. The average Bonchev–Trinajstić information content (AvgIpc) is 2.53. The van der Waals surface area contributed by atoms with Crippen LogP contribution >= 0.6 is 0 Å². The van der Waals surface area contributed by atoms with E-state index in [1.54, 1.807) is 6.08 Å². The molecule has 0 aliphatic heterocycles. The molecule has 2 aromatic carbocycles. The summed E-state index contributed by atoms with van der Waals surface area (Å²) in [6, 6.07) is 18.4. The van der Waals surface area contributed by atoms with Crippen molar-refractivity contribution in [2.75, 3.05) is 0 Å². The number of hydrogen-bond donors (Lipinski definition) is 2. The predicted molar refractivity (Wildman–Crippen MR) is 84.6 cm³/mol. The van der Waals surface area contributed by atoms with Crippen molar-refractivity contribution in [3.8, 4) is 0 Å². The summed E-state index contributed by atoms with van der Waals surface area (Å²) < 4.78 is 0. The average molecular weight is 281 g/mol. The maximum atomic E-state index is 11.9. The molecule has 0 spiro atoms. The Bertz CT molecular complexity index is 593. The Balaban J connectivity index is 1.94. The minimum atomic E-state index is -1.19. The molecule has 3 nitrogen and oxygen atoms in total. The van der Waals surface area contributed by atoms with E-state index in [9.17, 15) is 9.90 Å². The number of rotatable bonds is 6. The van der Waals surface area contributed by atoms with Gasteiger partial charge in [0.2, 0.25) is 0 Å². The molecule has 0 saturated heterocycles. The van der Waals surface area contributed by atoms with Crippen molar-refractivity contribution in [3.63, 3.8) is 0 Å². The van der Waals surface area contributed by atoms with Gasteiger partial charge in [-0.25, -0.2) is 0 Å². The topological polar surface area (TPSA) is 63.3 Å². The molecule has 0 radical (unpaired) electrons. The summed E-state index contributed by atoms with van der Waals surface area (Å²) in [5.74, 6) is -0.373. The van der Waals surface area contributed by atoms with E-state index in [0.29, 0.717) is 6.42 Å². The molecule has 2 unspecified atom stereocenters. The third-order valence-electron chi connectivity index (χ3n) is 3.25. The van der Waals surface area contributed by atoms with Crippen molar-refractivity contribution < 1.29 is 9.90 Å². The summed E-state index contributed by atoms with van der Waals surface area (Å²) in [7, 11) is 0. The number of carbonyl (C=O) groups is 1. The van der Waals surface area contributed by atoms with Gasteiger partial charge in [0.1, 0.15) is 6.10 Å². The predicted octanol–water partition coefficient (Wildman–Crippen LogP) is 2.20. The van der Waals surface area contributed by atoms with E-state index in [1.807, 2.05) is 60.7 Å². The van der Waals surface area contributed by atoms with Gasteiger partial charge >= 0.3 is 0 Å². The maximum absolute atomic E-state index is 11.9. The molecule has 2 atom stereocenters. The van der Waals surface area contributed by atoms with Crippen molar-refractivity contribution in [2.24, 2.45) is 5.73 Å². The van der Waals surface area contributed by atoms with Crippen molar-refractivity contribution in [3.05, 3.63) is 77.9 Å². The highest BCUT2D eigenvalue weighted by Gasteiger charge is 2.20. The van der Waals surface area contributed by atoms with Gasteiger partial charge < -0.3 is 10.8 Å². The van der Waals surface area contributed by atoms with Gasteiger partial charge in [0.25, 0.3) is 0 Å². The zero-order valence-corrected chi connectivity index (χ0v) is 11.7. The number of carbonyl (C=O) groups excluding carboxylic acids is 1. The number of ketones is 1. The Morgan fingerprint density at radius 3 is 2.24 bits per heavy atom. The van der Waals surface area contributed by atoms with Crippen LogP contribution in [0.2, 0.25) is 0 Å². The highest BCUT2D eigenvalue weighted by atomic mass is 16.3. The maximum Gasteiger partial charge on any atom is 0.185 e. The summed E-state index contributed by atoms with van der Waals surface area (Å²) >= 11 is 0. The summed E-state index contributed by atoms with van der Waals surface area (Å²) in [5.41, 5.74) is 7.83. The summed E-state index contributed by atoms with van der Waals surface area (Å²) in [6.45, 7) is 0. The van der Waals surface area contributed by atoms with E-state index in [0.717, 1.165) is 11.1 Å². The fourth-order valence-corrected chi connectivity index (χ4v) is 2.05. The van der Waals surface area contributed by atoms with Crippen LogP contribution in [0.15, 0.2) is 66.7 Å². The number of benzene rings is 2. The van der Waals surface area contributed by atoms with Gasteiger partial charge in [-0.3, -0.25) is 4.79 Å². The highest BCUT2D eigenvalue weighted by Crippen LogP contribution is 2.07. The first-order chi connectivity index (χ1) is 10.2. The van der Waals surface area contributed by atoms with Crippen LogP contribution in [0.25, 0.3) is 6.08 Å². The lowest BCUT2D eigenvalue weighted by molar-refractivity contribution is -0.123. The smallest absolute Gasteiger partial charge is 0.185 e. The minimum absolute atomic E-state index is 0.373. The van der Waals surface area contributed by atoms with Crippen molar-refractivity contribution in [1.29, 1.82) is 0 Å². The quantitative estimate of drug-likeness (QED) is 0.798. The van der Waals surface area contributed by atoms with Crippen molar-refractivity contribution in [1.82, 2.24) is 0 Å². The zero-order valence-electron chi connectivity index (χ0n) is 11.7. The van der Waals surface area contributed by atoms with E-state index >= 15 is 0 Å². The first-order valence-electron chi connectivity index (χ1n) is 6.91. The fourth-order valence-electron chi connectivity index (χ4n) is 2.05. The molecular formula is C18H19NO2. The summed E-state index contributed by atoms with van der Waals surface area (Å²) in [4.78, 5) is 11.9. The summed E-state index contributed by atoms with van der Waals surface area (Å²) in [5, 5.41) is 10.00. The number of aliphatic hydroxyl groups is 1. The molecule has 2 aromatic rings. The molecule has 0 fully saturated rings. The van der Waals surface area contributed by atoms with Crippen molar-refractivity contribution in [2.45, 2.75) is 18.6 Å². The zero-order chi connectivity index (χ0) is 15.1. The van der Waals surface area contributed by atoms with E-state index in [4.69, 9.17) is 5.73 Å². The van der Waals surface area contributed by atoms with Gasteiger partial charge in [-0.1, -0.05) is 66.7 Å². The van der Waals surface area contributed by atoms with E-state index in [1.165, 1.54) is 6.08 Å². The Labute approximate surface area is 124 Å². The Hall–Kier alpha value is -2.23. The third-order valence-corrected chi connectivity index (χ3v) is 3.25. The second-order valence-electron chi connectivity index (χ2n) is 4.94. The molecule has 0 aromatic heterocycles. The van der Waals surface area contributed by atoms with Crippen LogP contribution in [0, 0.1) is 0 Å². The number of hydrogen-bond acceptors (Lipinski definition) is 3. The third kappa shape index (κ3) is 4.67. The van der Waals surface area contributed by atoms with Gasteiger partial charge in [0.15, 0.2) is 5.78 Å². The molecule has 0 saturated carbocycles. The summed E-state index contributed by atoms with van der Waals surface area (Å²) in [6.07, 6.45) is 2.34. The van der Waals surface area contributed by atoms with Crippen LogP contribution in [-0.2, 0) is 11.2 Å². The van der Waals surface area contributed by atoms with Crippen LogP contribution in [-0.4, -0.2) is 23.0 Å². The van der Waals surface area contributed by atoms with Crippen molar-refractivity contribution >= 4 is 11.9 Å². The molecule has 108 valence electrons. The lowest BCUT2D eigenvalue weighted by atomic mass is 9.99. The molecule has 0 bridgehead atoms. The van der Waals surface area contributed by atoms with E-state index in [-0.39, 0.29) is 5.78 Å². The first kappa shape index (κ1) is 15.2. The van der Waals surface area contributed by atoms with Crippen LogP contribution in [0.3, 0.4) is 0 Å². The highest BCUT2D eigenvalue weighted by molar-refractivity contribution is 5.97. The van der Waals surface area contributed by atoms with Gasteiger partial charge in [-0.05, 0) is 23.6 Å². The largest absolute Gasteiger partial charge is 0.383 e. The Morgan fingerprint density at radius 2 is 1.62 bits per heavy atom. The van der Waals surface area contributed by atoms with Crippen LogP contribution in [0.1, 0.15) is 11.1 Å². The lowest BCUT2D eigenvalue weighted by Crippen LogP contribution is -2.41. The van der Waals surface area contributed by atoms with Gasteiger partial charge in [-0.2, -0.15) is 0 Å². The lowest BCUT2D eigenvalue weighted by Gasteiger charge is -2.16. The number of nitrogens with two attached hydrogens (primary N) is 1. The minimum Gasteiger partial charge on any atom is -0.383 e. The van der Waals surface area contributed by atoms with Gasteiger partial charge in [0.05, 0.1) is 0 Å². The molecule has 2 rings (SSSR count).